The Morgan fingerprint density at radius 3 is 2.27 bits per heavy atom. The predicted octanol–water partition coefficient (Wildman–Crippen LogP) is 1.91. The fourth-order valence-corrected chi connectivity index (χ4v) is 1.77. The van der Waals surface area contributed by atoms with Crippen molar-refractivity contribution in [2.24, 2.45) is 17.1 Å². The maximum atomic E-state index is 11.8. The van der Waals surface area contributed by atoms with E-state index in [0.717, 1.165) is 12.8 Å². The molecular weight excluding hydrogens is 188 g/mol. The van der Waals surface area contributed by atoms with Crippen LogP contribution in [0.4, 0.5) is 0 Å². The fourth-order valence-electron chi connectivity index (χ4n) is 1.77. The zero-order valence-electron chi connectivity index (χ0n) is 10.8. The molecule has 0 saturated heterocycles. The third-order valence-electron chi connectivity index (χ3n) is 2.42. The smallest absolute Gasteiger partial charge is 0.225 e. The Kier molecular flexibility index (Phi) is 5.88. The van der Waals surface area contributed by atoms with E-state index in [4.69, 9.17) is 5.73 Å². The van der Waals surface area contributed by atoms with Crippen LogP contribution in [-0.2, 0) is 4.79 Å². The van der Waals surface area contributed by atoms with Crippen LogP contribution in [0, 0.1) is 11.3 Å². The Balaban J connectivity index is 3.97. The van der Waals surface area contributed by atoms with Crippen LogP contribution in [0.25, 0.3) is 0 Å². The van der Waals surface area contributed by atoms with E-state index in [-0.39, 0.29) is 17.4 Å². The summed E-state index contributed by atoms with van der Waals surface area (Å²) in [5.41, 5.74) is 5.35. The van der Waals surface area contributed by atoms with Gasteiger partial charge in [-0.25, -0.2) is 0 Å². The summed E-state index contributed by atoms with van der Waals surface area (Å²) < 4.78 is 0. The van der Waals surface area contributed by atoms with Crippen molar-refractivity contribution in [2.75, 3.05) is 6.54 Å². The first-order valence-corrected chi connectivity index (χ1v) is 5.79. The first-order valence-electron chi connectivity index (χ1n) is 5.79. The monoisotopic (exact) mass is 214 g/mol. The van der Waals surface area contributed by atoms with E-state index in [1.807, 2.05) is 20.8 Å². The number of nitrogens with one attached hydrogen (secondary N) is 1. The van der Waals surface area contributed by atoms with E-state index in [1.54, 1.807) is 0 Å². The number of rotatable bonds is 6. The van der Waals surface area contributed by atoms with Crippen LogP contribution in [0.2, 0.25) is 0 Å². The van der Waals surface area contributed by atoms with Crippen molar-refractivity contribution < 1.29 is 4.79 Å². The van der Waals surface area contributed by atoms with Gasteiger partial charge in [0.1, 0.15) is 0 Å². The van der Waals surface area contributed by atoms with Gasteiger partial charge in [-0.15, -0.1) is 0 Å². The SMILES string of the molecule is CC(C)CC(C)(C)C(=O)NCCC(C)N. The molecule has 0 aromatic rings. The maximum absolute atomic E-state index is 11.8. The molecule has 0 aliphatic rings. The molecule has 90 valence electrons. The van der Waals surface area contributed by atoms with Crippen LogP contribution in [0.15, 0.2) is 0 Å². The second-order valence-electron chi connectivity index (χ2n) is 5.50. The van der Waals surface area contributed by atoms with Gasteiger partial charge < -0.3 is 11.1 Å². The Bertz CT molecular complexity index is 198. The summed E-state index contributed by atoms with van der Waals surface area (Å²) in [6.07, 6.45) is 1.75. The Morgan fingerprint density at radius 2 is 1.87 bits per heavy atom. The first kappa shape index (κ1) is 14.4. The van der Waals surface area contributed by atoms with Crippen LogP contribution < -0.4 is 11.1 Å². The molecule has 0 bridgehead atoms. The van der Waals surface area contributed by atoms with Crippen LogP contribution in [0.3, 0.4) is 0 Å². The Hall–Kier alpha value is -0.570. The van der Waals surface area contributed by atoms with Crippen LogP contribution in [0.1, 0.15) is 47.5 Å². The van der Waals surface area contributed by atoms with E-state index in [9.17, 15) is 4.79 Å². The summed E-state index contributed by atoms with van der Waals surface area (Å²) in [4.78, 5) is 11.8. The average Bonchev–Trinajstić information content (AvgIpc) is 2.00. The highest BCUT2D eigenvalue weighted by molar-refractivity contribution is 5.81. The highest BCUT2D eigenvalue weighted by atomic mass is 16.2. The molecule has 15 heavy (non-hydrogen) atoms. The lowest BCUT2D eigenvalue weighted by Gasteiger charge is -2.25. The van der Waals surface area contributed by atoms with Gasteiger partial charge in [0.2, 0.25) is 5.91 Å². The van der Waals surface area contributed by atoms with Gasteiger partial charge in [0.15, 0.2) is 0 Å². The Labute approximate surface area is 93.8 Å². The minimum atomic E-state index is -0.272. The minimum absolute atomic E-state index is 0.136. The summed E-state index contributed by atoms with van der Waals surface area (Å²) in [7, 11) is 0. The Morgan fingerprint density at radius 1 is 1.33 bits per heavy atom. The van der Waals surface area contributed by atoms with E-state index in [1.165, 1.54) is 0 Å². The summed E-state index contributed by atoms with van der Waals surface area (Å²) in [5.74, 6) is 0.677. The molecule has 0 heterocycles. The zero-order chi connectivity index (χ0) is 12.1. The summed E-state index contributed by atoms with van der Waals surface area (Å²) in [5, 5.41) is 2.94. The zero-order valence-corrected chi connectivity index (χ0v) is 10.8. The lowest BCUT2D eigenvalue weighted by atomic mass is 9.83. The predicted molar refractivity (Wildman–Crippen MR) is 64.5 cm³/mol. The van der Waals surface area contributed by atoms with Gasteiger partial charge in [0, 0.05) is 18.0 Å². The van der Waals surface area contributed by atoms with E-state index >= 15 is 0 Å². The molecule has 0 aliphatic carbocycles. The topological polar surface area (TPSA) is 55.1 Å². The fraction of sp³-hybridized carbons (Fsp3) is 0.917. The number of hydrogen-bond donors (Lipinski definition) is 2. The second-order valence-corrected chi connectivity index (χ2v) is 5.50. The second kappa shape index (κ2) is 6.11. The summed E-state index contributed by atoms with van der Waals surface area (Å²) in [6.45, 7) is 10.9. The molecule has 3 N–H and O–H groups in total. The summed E-state index contributed by atoms with van der Waals surface area (Å²) in [6, 6.07) is 0.151. The number of amides is 1. The molecule has 0 aliphatic heterocycles. The van der Waals surface area contributed by atoms with Crippen molar-refractivity contribution in [3.05, 3.63) is 0 Å². The largest absolute Gasteiger partial charge is 0.356 e. The van der Waals surface area contributed by atoms with Gasteiger partial charge in [-0.3, -0.25) is 4.79 Å². The van der Waals surface area contributed by atoms with Gasteiger partial charge in [0.05, 0.1) is 0 Å². The molecule has 0 aromatic heterocycles. The highest BCUT2D eigenvalue weighted by Gasteiger charge is 2.27. The molecule has 0 radical (unpaired) electrons. The average molecular weight is 214 g/mol. The minimum Gasteiger partial charge on any atom is -0.356 e. The molecule has 3 nitrogen and oxygen atoms in total. The third kappa shape index (κ3) is 6.50. The molecular formula is C12H26N2O. The molecule has 0 spiro atoms. The van der Waals surface area contributed by atoms with Gasteiger partial charge in [-0.1, -0.05) is 27.7 Å². The van der Waals surface area contributed by atoms with Gasteiger partial charge in [-0.2, -0.15) is 0 Å². The highest BCUT2D eigenvalue weighted by Crippen LogP contribution is 2.25. The van der Waals surface area contributed by atoms with Crippen molar-refractivity contribution >= 4 is 5.91 Å². The molecule has 3 heteroatoms. The molecule has 0 fully saturated rings. The summed E-state index contributed by atoms with van der Waals surface area (Å²) >= 11 is 0. The van der Waals surface area contributed by atoms with Crippen LogP contribution in [0.5, 0.6) is 0 Å². The third-order valence-corrected chi connectivity index (χ3v) is 2.42. The number of carbonyl (C=O) groups is 1. The van der Waals surface area contributed by atoms with E-state index in [0.29, 0.717) is 12.5 Å². The van der Waals surface area contributed by atoms with Crippen molar-refractivity contribution in [3.63, 3.8) is 0 Å². The lowest BCUT2D eigenvalue weighted by molar-refractivity contribution is -0.130. The van der Waals surface area contributed by atoms with E-state index < -0.39 is 0 Å². The normalized spacial score (nSPS) is 14.1. The van der Waals surface area contributed by atoms with Crippen molar-refractivity contribution in [3.8, 4) is 0 Å². The maximum Gasteiger partial charge on any atom is 0.225 e. The van der Waals surface area contributed by atoms with Crippen LogP contribution in [-0.4, -0.2) is 18.5 Å². The number of hydrogen-bond acceptors (Lipinski definition) is 2. The molecule has 0 saturated carbocycles. The molecule has 0 aromatic carbocycles. The molecule has 0 rings (SSSR count). The van der Waals surface area contributed by atoms with Gasteiger partial charge >= 0.3 is 0 Å². The van der Waals surface area contributed by atoms with E-state index in [2.05, 4.69) is 19.2 Å². The molecule has 1 atom stereocenters. The molecule has 1 unspecified atom stereocenters. The quantitative estimate of drug-likeness (QED) is 0.709. The lowest BCUT2D eigenvalue weighted by Crippen LogP contribution is -2.39. The van der Waals surface area contributed by atoms with Gasteiger partial charge in [-0.05, 0) is 25.7 Å². The van der Waals surface area contributed by atoms with Gasteiger partial charge in [0.25, 0.3) is 0 Å². The number of nitrogens with two attached hydrogens (primary N) is 1. The number of carbonyl (C=O) groups excluding carboxylic acids is 1. The van der Waals surface area contributed by atoms with Crippen molar-refractivity contribution in [1.29, 1.82) is 0 Å². The van der Waals surface area contributed by atoms with Crippen LogP contribution >= 0.6 is 0 Å². The molecule has 1 amide bonds. The first-order chi connectivity index (χ1) is 6.75. The van der Waals surface area contributed by atoms with Crippen molar-refractivity contribution in [2.45, 2.75) is 53.5 Å². The van der Waals surface area contributed by atoms with Crippen molar-refractivity contribution in [1.82, 2.24) is 5.32 Å². The standard InChI is InChI=1S/C12H26N2O/c1-9(2)8-12(4,5)11(15)14-7-6-10(3)13/h9-10H,6-8,13H2,1-5H3,(H,14,15).